The van der Waals surface area contributed by atoms with Crippen LogP contribution in [0, 0.1) is 6.92 Å². The molecule has 0 amide bonds. The van der Waals surface area contributed by atoms with Crippen LogP contribution in [0.4, 0.5) is 5.82 Å². The van der Waals surface area contributed by atoms with Gasteiger partial charge in [0, 0.05) is 11.6 Å². The Morgan fingerprint density at radius 1 is 1.24 bits per heavy atom. The number of nitrogens with one attached hydrogen (secondary N) is 1. The summed E-state index contributed by atoms with van der Waals surface area (Å²) in [5.41, 5.74) is 0. The van der Waals surface area contributed by atoms with Crippen molar-refractivity contribution in [2.45, 2.75) is 19.9 Å². The molecule has 3 rings (SSSR count). The van der Waals surface area contributed by atoms with Gasteiger partial charge in [-0.25, -0.2) is 9.97 Å². The number of hydrogen-bond donors (Lipinski definition) is 1. The first kappa shape index (κ1) is 13.4. The average Bonchev–Trinajstić information content (AvgIpc) is 2.94. The van der Waals surface area contributed by atoms with E-state index in [1.165, 1.54) is 0 Å². The summed E-state index contributed by atoms with van der Waals surface area (Å²) in [4.78, 5) is 8.66. The summed E-state index contributed by atoms with van der Waals surface area (Å²) in [7, 11) is 1.66. The van der Waals surface area contributed by atoms with Gasteiger partial charge in [-0.2, -0.15) is 0 Å². The summed E-state index contributed by atoms with van der Waals surface area (Å²) in [6.45, 7) is 3.87. The lowest BCUT2D eigenvalue weighted by atomic mass is 10.1. The summed E-state index contributed by atoms with van der Waals surface area (Å²) in [6, 6.07) is 7.83. The fourth-order valence-electron chi connectivity index (χ4n) is 2.23. The second kappa shape index (κ2) is 5.44. The quantitative estimate of drug-likeness (QED) is 0.791. The molecule has 2 aromatic heterocycles. The Morgan fingerprint density at radius 3 is 2.81 bits per heavy atom. The van der Waals surface area contributed by atoms with Crippen LogP contribution in [0.5, 0.6) is 5.75 Å². The van der Waals surface area contributed by atoms with Crippen molar-refractivity contribution in [1.82, 2.24) is 9.97 Å². The molecule has 0 spiro atoms. The van der Waals surface area contributed by atoms with Crippen molar-refractivity contribution in [3.63, 3.8) is 0 Å². The Kier molecular flexibility index (Phi) is 3.48. The zero-order chi connectivity index (χ0) is 14.8. The molecular weight excluding hydrogens is 266 g/mol. The van der Waals surface area contributed by atoms with E-state index < -0.39 is 0 Å². The lowest BCUT2D eigenvalue weighted by Gasteiger charge is -2.13. The van der Waals surface area contributed by atoms with E-state index in [1.807, 2.05) is 38.1 Å². The third kappa shape index (κ3) is 2.67. The van der Waals surface area contributed by atoms with Crippen molar-refractivity contribution in [2.24, 2.45) is 0 Å². The molecular formula is C16H17N3O2. The number of anilines is 1. The van der Waals surface area contributed by atoms with Crippen LogP contribution in [-0.4, -0.2) is 17.1 Å². The number of ether oxygens (including phenoxy) is 1. The second-order valence-corrected chi connectivity index (χ2v) is 4.92. The van der Waals surface area contributed by atoms with Gasteiger partial charge in [0.15, 0.2) is 0 Å². The first-order valence-electron chi connectivity index (χ1n) is 6.79. The molecule has 0 saturated carbocycles. The normalized spacial score (nSPS) is 12.3. The van der Waals surface area contributed by atoms with Gasteiger partial charge in [-0.1, -0.05) is 6.07 Å². The van der Waals surface area contributed by atoms with Crippen molar-refractivity contribution in [3.8, 4) is 5.75 Å². The van der Waals surface area contributed by atoms with Gasteiger partial charge in [0.1, 0.15) is 23.4 Å². The van der Waals surface area contributed by atoms with Gasteiger partial charge in [0.2, 0.25) is 5.89 Å². The monoisotopic (exact) mass is 283 g/mol. The Labute approximate surface area is 123 Å². The van der Waals surface area contributed by atoms with Crippen molar-refractivity contribution in [3.05, 3.63) is 48.3 Å². The molecule has 108 valence electrons. The van der Waals surface area contributed by atoms with Crippen molar-refractivity contribution in [2.75, 3.05) is 12.4 Å². The van der Waals surface area contributed by atoms with Gasteiger partial charge in [-0.3, -0.25) is 0 Å². The molecule has 5 heteroatoms. The zero-order valence-corrected chi connectivity index (χ0v) is 12.3. The van der Waals surface area contributed by atoms with Crippen LogP contribution in [0.2, 0.25) is 0 Å². The Hall–Kier alpha value is -2.56. The lowest BCUT2D eigenvalue weighted by Crippen LogP contribution is -2.08. The van der Waals surface area contributed by atoms with E-state index in [0.717, 1.165) is 28.1 Å². The second-order valence-electron chi connectivity index (χ2n) is 4.92. The molecule has 0 fully saturated rings. The standard InChI is InChI=1S/C16H17N3O2/c1-10-9-18-16(21-10)11(2)19-15-14-8-13(20-3)5-4-12(14)6-7-17-15/h4-9,11H,1-3H3,(H,17,19). The minimum atomic E-state index is -0.0667. The van der Waals surface area contributed by atoms with Gasteiger partial charge in [0.05, 0.1) is 13.3 Å². The number of nitrogens with zero attached hydrogens (tertiary/aromatic N) is 2. The molecule has 0 aliphatic rings. The van der Waals surface area contributed by atoms with Crippen molar-refractivity contribution >= 4 is 16.6 Å². The maximum absolute atomic E-state index is 5.55. The molecule has 0 radical (unpaired) electrons. The number of aromatic nitrogens is 2. The summed E-state index contributed by atoms with van der Waals surface area (Å²) < 4.78 is 10.8. The van der Waals surface area contributed by atoms with Crippen molar-refractivity contribution in [1.29, 1.82) is 0 Å². The van der Waals surface area contributed by atoms with Crippen LogP contribution < -0.4 is 10.1 Å². The summed E-state index contributed by atoms with van der Waals surface area (Å²) in [5.74, 6) is 3.04. The lowest BCUT2D eigenvalue weighted by molar-refractivity contribution is 0.415. The van der Waals surface area contributed by atoms with Gasteiger partial charge >= 0.3 is 0 Å². The summed E-state index contributed by atoms with van der Waals surface area (Å²) in [5, 5.41) is 5.45. The molecule has 1 atom stereocenters. The van der Waals surface area contributed by atoms with E-state index in [1.54, 1.807) is 19.5 Å². The molecule has 0 saturated heterocycles. The fourth-order valence-corrected chi connectivity index (χ4v) is 2.23. The van der Waals surface area contributed by atoms with Crippen LogP contribution in [0.3, 0.4) is 0 Å². The van der Waals surface area contributed by atoms with Gasteiger partial charge in [0.25, 0.3) is 0 Å². The maximum Gasteiger partial charge on any atom is 0.216 e. The maximum atomic E-state index is 5.55. The highest BCUT2D eigenvalue weighted by Gasteiger charge is 2.13. The predicted molar refractivity (Wildman–Crippen MR) is 81.6 cm³/mol. The van der Waals surface area contributed by atoms with Crippen LogP contribution >= 0.6 is 0 Å². The number of oxazole rings is 1. The molecule has 0 bridgehead atoms. The first-order valence-corrected chi connectivity index (χ1v) is 6.79. The molecule has 1 unspecified atom stereocenters. The molecule has 0 aliphatic heterocycles. The number of pyridine rings is 1. The number of aryl methyl sites for hydroxylation is 1. The number of methoxy groups -OCH3 is 1. The van der Waals surface area contributed by atoms with Crippen LogP contribution in [0.25, 0.3) is 10.8 Å². The van der Waals surface area contributed by atoms with E-state index in [2.05, 4.69) is 15.3 Å². The molecule has 3 aromatic rings. The zero-order valence-electron chi connectivity index (χ0n) is 12.3. The highest BCUT2D eigenvalue weighted by atomic mass is 16.5. The van der Waals surface area contributed by atoms with E-state index in [0.29, 0.717) is 5.89 Å². The Bertz CT molecular complexity index is 767. The highest BCUT2D eigenvalue weighted by Crippen LogP contribution is 2.28. The predicted octanol–water partition coefficient (Wildman–Crippen LogP) is 3.71. The SMILES string of the molecule is COc1ccc2ccnc(NC(C)c3ncc(C)o3)c2c1. The van der Waals surface area contributed by atoms with Crippen molar-refractivity contribution < 1.29 is 9.15 Å². The van der Waals surface area contributed by atoms with E-state index >= 15 is 0 Å². The van der Waals surface area contributed by atoms with E-state index in [4.69, 9.17) is 9.15 Å². The fraction of sp³-hybridized carbons (Fsp3) is 0.250. The smallest absolute Gasteiger partial charge is 0.216 e. The van der Waals surface area contributed by atoms with E-state index in [-0.39, 0.29) is 6.04 Å². The van der Waals surface area contributed by atoms with Crippen LogP contribution in [0.15, 0.2) is 41.1 Å². The number of hydrogen-bond acceptors (Lipinski definition) is 5. The number of rotatable bonds is 4. The average molecular weight is 283 g/mol. The molecule has 0 aliphatic carbocycles. The highest BCUT2D eigenvalue weighted by molar-refractivity contribution is 5.92. The van der Waals surface area contributed by atoms with E-state index in [9.17, 15) is 0 Å². The number of fused-ring (bicyclic) bond motifs is 1. The minimum Gasteiger partial charge on any atom is -0.497 e. The van der Waals surface area contributed by atoms with Gasteiger partial charge < -0.3 is 14.5 Å². The largest absolute Gasteiger partial charge is 0.497 e. The van der Waals surface area contributed by atoms with Gasteiger partial charge in [-0.15, -0.1) is 0 Å². The molecule has 5 nitrogen and oxygen atoms in total. The van der Waals surface area contributed by atoms with Crippen LogP contribution in [0.1, 0.15) is 24.6 Å². The summed E-state index contributed by atoms with van der Waals surface area (Å²) in [6.07, 6.45) is 3.50. The third-order valence-corrected chi connectivity index (χ3v) is 3.34. The minimum absolute atomic E-state index is 0.0667. The summed E-state index contributed by atoms with van der Waals surface area (Å²) >= 11 is 0. The molecule has 1 aromatic carbocycles. The third-order valence-electron chi connectivity index (χ3n) is 3.34. The molecule has 2 heterocycles. The van der Waals surface area contributed by atoms with Gasteiger partial charge in [-0.05, 0) is 37.4 Å². The molecule has 21 heavy (non-hydrogen) atoms. The Morgan fingerprint density at radius 2 is 2.10 bits per heavy atom. The topological polar surface area (TPSA) is 60.2 Å². The molecule has 1 N–H and O–H groups in total. The van der Waals surface area contributed by atoms with Crippen LogP contribution in [-0.2, 0) is 0 Å². The Balaban J connectivity index is 1.96. The first-order chi connectivity index (χ1) is 10.2. The number of benzene rings is 1.